The number of hydrogen-bond acceptors (Lipinski definition) is 4. The maximum absolute atomic E-state index is 12.2. The second kappa shape index (κ2) is 7.49. The quantitative estimate of drug-likeness (QED) is 0.871. The Balaban J connectivity index is 2.30. The number of hydrazine groups is 1. The first kappa shape index (κ1) is 15.9. The van der Waals surface area contributed by atoms with Crippen LogP contribution in [0, 0.1) is 0 Å². The lowest BCUT2D eigenvalue weighted by atomic mass is 9.94. The molecule has 22 heavy (non-hydrogen) atoms. The molecule has 0 bridgehead atoms. The molecule has 1 aliphatic rings. The number of rotatable bonds is 3. The smallest absolute Gasteiger partial charge is 0.433 e. The summed E-state index contributed by atoms with van der Waals surface area (Å²) in [5.41, 5.74) is 5.07. The van der Waals surface area contributed by atoms with Crippen molar-refractivity contribution in [3.05, 3.63) is 41.5 Å². The van der Waals surface area contributed by atoms with Gasteiger partial charge in [-0.3, -0.25) is 0 Å². The lowest BCUT2D eigenvalue weighted by Crippen LogP contribution is -2.45. The van der Waals surface area contributed by atoms with Gasteiger partial charge in [0.2, 0.25) is 0 Å². The zero-order valence-electron chi connectivity index (χ0n) is 12.8. The Kier molecular flexibility index (Phi) is 5.41. The van der Waals surface area contributed by atoms with Crippen LogP contribution in [0.25, 0.3) is 5.70 Å². The molecule has 0 saturated heterocycles. The lowest BCUT2D eigenvalue weighted by Gasteiger charge is -2.28. The Morgan fingerprint density at radius 3 is 2.64 bits per heavy atom. The van der Waals surface area contributed by atoms with Gasteiger partial charge in [0.15, 0.2) is 0 Å². The first-order valence-electron chi connectivity index (χ1n) is 7.36. The van der Waals surface area contributed by atoms with E-state index in [1.54, 1.807) is 13.8 Å². The lowest BCUT2D eigenvalue weighted by molar-refractivity contribution is 0.0957. The molecule has 0 aromatic heterocycles. The molecular weight excluding hydrogens is 284 g/mol. The van der Waals surface area contributed by atoms with Crippen LogP contribution < -0.4 is 5.43 Å². The number of fused-ring (bicyclic) bond motifs is 1. The van der Waals surface area contributed by atoms with E-state index in [1.165, 1.54) is 0 Å². The molecule has 0 aliphatic heterocycles. The van der Waals surface area contributed by atoms with E-state index in [2.05, 4.69) is 5.43 Å². The Morgan fingerprint density at radius 2 is 1.91 bits per heavy atom. The normalized spacial score (nSPS) is 12.7. The minimum Gasteiger partial charge on any atom is -0.449 e. The number of ether oxygens (including phenoxy) is 2. The predicted octanol–water partition coefficient (Wildman–Crippen LogP) is 3.09. The maximum Gasteiger partial charge on any atom is 0.433 e. The molecule has 0 fully saturated rings. The second-order valence-electron chi connectivity index (χ2n) is 4.65. The highest BCUT2D eigenvalue weighted by atomic mass is 16.6. The predicted molar refractivity (Wildman–Crippen MR) is 81.8 cm³/mol. The number of carbonyl (C=O) groups excluding carboxylic acids is 2. The van der Waals surface area contributed by atoms with Crippen LogP contribution in [0.5, 0.6) is 0 Å². The summed E-state index contributed by atoms with van der Waals surface area (Å²) in [4.78, 5) is 23.9. The fraction of sp³-hybridized carbons (Fsp3) is 0.375. The number of nitrogens with zero attached hydrogens (tertiary/aromatic N) is 1. The molecule has 0 unspecified atom stereocenters. The minimum atomic E-state index is -0.695. The highest BCUT2D eigenvalue weighted by molar-refractivity contribution is 5.86. The number of allylic oxidation sites excluding steroid dienone is 1. The van der Waals surface area contributed by atoms with Crippen molar-refractivity contribution in [3.63, 3.8) is 0 Å². The van der Waals surface area contributed by atoms with E-state index in [1.807, 2.05) is 30.3 Å². The molecule has 1 N–H and O–H groups in total. The van der Waals surface area contributed by atoms with Crippen molar-refractivity contribution in [3.8, 4) is 0 Å². The van der Waals surface area contributed by atoms with Gasteiger partial charge in [0.1, 0.15) is 0 Å². The van der Waals surface area contributed by atoms with Crippen LogP contribution in [0.15, 0.2) is 30.3 Å². The molecule has 2 amide bonds. The molecule has 0 radical (unpaired) electrons. The molecule has 0 atom stereocenters. The van der Waals surface area contributed by atoms with Gasteiger partial charge >= 0.3 is 12.2 Å². The molecule has 0 spiro atoms. The zero-order valence-corrected chi connectivity index (χ0v) is 12.8. The molecule has 1 aliphatic carbocycles. The molecular formula is C16H20N2O4. The Morgan fingerprint density at radius 1 is 1.18 bits per heavy atom. The molecule has 118 valence electrons. The SMILES string of the molecule is CCOC(=O)NN(C(=O)OCC)C1=CCCc2ccccc21. The molecule has 1 aromatic carbocycles. The maximum atomic E-state index is 12.2. The van der Waals surface area contributed by atoms with Crippen molar-refractivity contribution in [1.29, 1.82) is 0 Å². The molecule has 0 heterocycles. The highest BCUT2D eigenvalue weighted by Crippen LogP contribution is 2.28. The van der Waals surface area contributed by atoms with E-state index in [0.29, 0.717) is 5.70 Å². The van der Waals surface area contributed by atoms with Gasteiger partial charge in [0, 0.05) is 5.56 Å². The Bertz CT molecular complexity index is 583. The van der Waals surface area contributed by atoms with Gasteiger partial charge in [-0.05, 0) is 32.3 Å². The van der Waals surface area contributed by atoms with Crippen LogP contribution in [-0.4, -0.2) is 30.4 Å². The van der Waals surface area contributed by atoms with Crippen LogP contribution in [-0.2, 0) is 15.9 Å². The minimum absolute atomic E-state index is 0.217. The largest absolute Gasteiger partial charge is 0.449 e. The molecule has 2 rings (SSSR count). The molecule has 1 aromatic rings. The fourth-order valence-electron chi connectivity index (χ4n) is 2.32. The summed E-state index contributed by atoms with van der Waals surface area (Å²) in [7, 11) is 0. The third kappa shape index (κ3) is 3.58. The van der Waals surface area contributed by atoms with Crippen molar-refractivity contribution in [1.82, 2.24) is 10.4 Å². The van der Waals surface area contributed by atoms with Crippen LogP contribution in [0.2, 0.25) is 0 Å². The van der Waals surface area contributed by atoms with E-state index in [-0.39, 0.29) is 13.2 Å². The summed E-state index contributed by atoms with van der Waals surface area (Å²) in [6.07, 6.45) is 2.26. The summed E-state index contributed by atoms with van der Waals surface area (Å²) in [5, 5.41) is 1.11. The van der Waals surface area contributed by atoms with E-state index >= 15 is 0 Å². The van der Waals surface area contributed by atoms with Gasteiger partial charge in [-0.25, -0.2) is 15.0 Å². The standard InChI is InChI=1S/C16H20N2O4/c1-3-21-15(19)17-18(16(20)22-4-2)14-11-7-9-12-8-5-6-10-13(12)14/h5-6,8,10-11H,3-4,7,9H2,1-2H3,(H,17,19). The van der Waals surface area contributed by atoms with E-state index in [4.69, 9.17) is 9.47 Å². The van der Waals surface area contributed by atoms with Gasteiger partial charge in [-0.1, -0.05) is 30.3 Å². The fourth-order valence-corrected chi connectivity index (χ4v) is 2.32. The summed E-state index contributed by atoms with van der Waals surface area (Å²) >= 11 is 0. The average molecular weight is 304 g/mol. The number of nitrogens with one attached hydrogen (secondary N) is 1. The zero-order chi connectivity index (χ0) is 15.9. The van der Waals surface area contributed by atoms with Crippen LogP contribution >= 0.6 is 0 Å². The van der Waals surface area contributed by atoms with Crippen molar-refractivity contribution in [2.75, 3.05) is 13.2 Å². The van der Waals surface area contributed by atoms with Crippen molar-refractivity contribution < 1.29 is 19.1 Å². The summed E-state index contributed by atoms with van der Waals surface area (Å²) in [6.45, 7) is 3.85. The van der Waals surface area contributed by atoms with Crippen molar-refractivity contribution in [2.45, 2.75) is 26.7 Å². The van der Waals surface area contributed by atoms with E-state index in [9.17, 15) is 9.59 Å². The number of aryl methyl sites for hydroxylation is 1. The number of benzene rings is 1. The van der Waals surface area contributed by atoms with E-state index < -0.39 is 12.2 Å². The number of carbonyl (C=O) groups is 2. The third-order valence-electron chi connectivity index (χ3n) is 3.21. The molecule has 6 nitrogen and oxygen atoms in total. The van der Waals surface area contributed by atoms with Gasteiger partial charge < -0.3 is 9.47 Å². The van der Waals surface area contributed by atoms with E-state index in [0.717, 1.165) is 29.0 Å². The highest BCUT2D eigenvalue weighted by Gasteiger charge is 2.26. The van der Waals surface area contributed by atoms with Gasteiger partial charge in [-0.2, -0.15) is 5.01 Å². The van der Waals surface area contributed by atoms with Crippen LogP contribution in [0.1, 0.15) is 31.4 Å². The molecule has 6 heteroatoms. The number of hydrogen-bond donors (Lipinski definition) is 1. The van der Waals surface area contributed by atoms with Gasteiger partial charge in [0.05, 0.1) is 18.9 Å². The Hall–Kier alpha value is -2.50. The number of amides is 2. The monoisotopic (exact) mass is 304 g/mol. The van der Waals surface area contributed by atoms with Crippen LogP contribution in [0.3, 0.4) is 0 Å². The summed E-state index contributed by atoms with van der Waals surface area (Å²) in [5.74, 6) is 0. The third-order valence-corrected chi connectivity index (χ3v) is 3.21. The second-order valence-corrected chi connectivity index (χ2v) is 4.65. The summed E-state index contributed by atoms with van der Waals surface area (Å²) in [6, 6.07) is 7.77. The van der Waals surface area contributed by atoms with Crippen molar-refractivity contribution >= 4 is 17.9 Å². The van der Waals surface area contributed by atoms with Crippen LogP contribution in [0.4, 0.5) is 9.59 Å². The van der Waals surface area contributed by atoms with Crippen molar-refractivity contribution in [2.24, 2.45) is 0 Å². The first-order chi connectivity index (χ1) is 10.7. The summed E-state index contributed by atoms with van der Waals surface area (Å²) < 4.78 is 9.88. The average Bonchev–Trinajstić information content (AvgIpc) is 2.52. The molecule has 0 saturated carbocycles. The Labute approximate surface area is 129 Å². The first-order valence-corrected chi connectivity index (χ1v) is 7.36. The van der Waals surface area contributed by atoms with Gasteiger partial charge in [0.25, 0.3) is 0 Å². The topological polar surface area (TPSA) is 67.9 Å². The van der Waals surface area contributed by atoms with Gasteiger partial charge in [-0.15, -0.1) is 0 Å².